The van der Waals surface area contributed by atoms with E-state index in [1.165, 1.54) is 0 Å². The number of carbonyl (C=O) groups excluding carboxylic acids is 2. The molecule has 5 aromatic rings. The zero-order valence-corrected chi connectivity index (χ0v) is 27.9. The molecule has 1 aliphatic rings. The quantitative estimate of drug-likeness (QED) is 0.100. The van der Waals surface area contributed by atoms with Crippen LogP contribution in [0.15, 0.2) is 115 Å². The Morgan fingerprint density at radius 2 is 1.43 bits per heavy atom. The maximum absolute atomic E-state index is 14.3. The highest BCUT2D eigenvalue weighted by molar-refractivity contribution is 5.88. The molecule has 1 amide bonds. The summed E-state index contributed by atoms with van der Waals surface area (Å²) in [5, 5.41) is 15.8. The minimum absolute atomic E-state index is 0.0335. The lowest BCUT2D eigenvalue weighted by Gasteiger charge is -2.32. The summed E-state index contributed by atoms with van der Waals surface area (Å²) in [7, 11) is 0. The van der Waals surface area contributed by atoms with E-state index in [4.69, 9.17) is 9.47 Å². The van der Waals surface area contributed by atoms with Gasteiger partial charge in [0.05, 0.1) is 12.0 Å². The van der Waals surface area contributed by atoms with Crippen LogP contribution in [0.5, 0.6) is 5.75 Å². The number of ether oxygens (including phenoxy) is 2. The molecule has 4 aromatic carbocycles. The molecule has 3 N–H and O–H groups in total. The van der Waals surface area contributed by atoms with Crippen molar-refractivity contribution in [3.63, 3.8) is 0 Å². The molecule has 1 fully saturated rings. The highest BCUT2D eigenvalue weighted by atomic mass is 16.5. The molecule has 1 saturated carbocycles. The van der Waals surface area contributed by atoms with Gasteiger partial charge >= 0.3 is 5.97 Å². The smallest absolute Gasteiger partial charge is 0.329 e. The van der Waals surface area contributed by atoms with Gasteiger partial charge in [0.2, 0.25) is 5.91 Å². The highest BCUT2D eigenvalue weighted by Crippen LogP contribution is 2.32. The fourth-order valence-corrected chi connectivity index (χ4v) is 6.98. The number of aromatic amines is 1. The second-order valence-corrected chi connectivity index (χ2v) is 13.1. The van der Waals surface area contributed by atoms with E-state index in [2.05, 4.69) is 10.3 Å². The Morgan fingerprint density at radius 3 is 2.18 bits per heavy atom. The topological polar surface area (TPSA) is 101 Å². The number of para-hydroxylation sites is 2. The molecule has 0 radical (unpaired) electrons. The third-order valence-electron chi connectivity index (χ3n) is 9.74. The summed E-state index contributed by atoms with van der Waals surface area (Å²) in [5.41, 5.74) is 4.78. The summed E-state index contributed by atoms with van der Waals surface area (Å²) in [6.07, 6.45) is 7.27. The number of carbonyl (C=O) groups is 2. The summed E-state index contributed by atoms with van der Waals surface area (Å²) in [6.45, 7) is 0.543. The Balaban J connectivity index is 1.21. The second kappa shape index (κ2) is 17.0. The van der Waals surface area contributed by atoms with Crippen LogP contribution in [0.2, 0.25) is 0 Å². The number of fused-ring (bicyclic) bond motifs is 1. The third-order valence-corrected chi connectivity index (χ3v) is 9.74. The van der Waals surface area contributed by atoms with Crippen molar-refractivity contribution < 1.29 is 24.2 Å². The van der Waals surface area contributed by atoms with Crippen LogP contribution in [0.25, 0.3) is 10.9 Å². The number of nitrogens with one attached hydrogen (secondary N) is 2. The first kappa shape index (κ1) is 34.0. The molecule has 0 bridgehead atoms. The van der Waals surface area contributed by atoms with Crippen LogP contribution in [0.1, 0.15) is 60.8 Å². The Hall–Kier alpha value is -4.88. The van der Waals surface area contributed by atoms with Gasteiger partial charge in [-0.2, -0.15) is 0 Å². The van der Waals surface area contributed by atoms with Crippen molar-refractivity contribution in [2.24, 2.45) is 11.8 Å². The van der Waals surface area contributed by atoms with Crippen molar-refractivity contribution in [1.29, 1.82) is 0 Å². The largest absolute Gasteiger partial charge is 0.489 e. The molecule has 3 atom stereocenters. The first-order chi connectivity index (χ1) is 24.0. The van der Waals surface area contributed by atoms with Crippen LogP contribution < -0.4 is 10.1 Å². The standard InChI is InChI=1S/C42H46N2O5/c45-40(33-19-8-3-9-20-33)36(25-24-32-18-10-13-23-39(32)48-28-30-14-4-1-5-15-30)41(46)44-38(42(47)49-29-31-16-6-2-7-17-31)26-34-27-43-37-22-12-11-21-35(34)37/h1-2,4-7,10-18,21-23,27,33,36,38,40,43,45H,3,8-9,19-20,24-26,28-29H2,(H,44,46)/t36?,38-,40?/m0/s1. The minimum Gasteiger partial charge on any atom is -0.489 e. The number of aryl methyl sites for hydroxylation is 1. The Labute approximate surface area is 288 Å². The summed E-state index contributed by atoms with van der Waals surface area (Å²) in [4.78, 5) is 31.3. The molecule has 0 spiro atoms. The molecule has 49 heavy (non-hydrogen) atoms. The predicted molar refractivity (Wildman–Crippen MR) is 192 cm³/mol. The van der Waals surface area contributed by atoms with Gasteiger partial charge in [-0.1, -0.05) is 116 Å². The molecule has 7 nitrogen and oxygen atoms in total. The van der Waals surface area contributed by atoms with Gasteiger partial charge in [0, 0.05) is 23.5 Å². The molecular formula is C42H46N2O5. The van der Waals surface area contributed by atoms with Crippen LogP contribution in [0, 0.1) is 11.8 Å². The van der Waals surface area contributed by atoms with Gasteiger partial charge in [-0.25, -0.2) is 4.79 Å². The number of H-pyrrole nitrogens is 1. The Morgan fingerprint density at radius 1 is 0.776 bits per heavy atom. The SMILES string of the molecule is O=C(N[C@@H](Cc1c[nH]c2ccccc12)C(=O)OCc1ccccc1)C(CCc1ccccc1OCc1ccccc1)C(O)C1CCCCC1. The predicted octanol–water partition coefficient (Wildman–Crippen LogP) is 7.71. The molecular weight excluding hydrogens is 612 g/mol. The van der Waals surface area contributed by atoms with Gasteiger partial charge in [0.15, 0.2) is 0 Å². The number of aliphatic hydroxyl groups is 1. The average molecular weight is 659 g/mol. The maximum atomic E-state index is 14.3. The monoisotopic (exact) mass is 658 g/mol. The number of rotatable bonds is 15. The summed E-state index contributed by atoms with van der Waals surface area (Å²) in [5.74, 6) is -0.751. The molecule has 0 aliphatic heterocycles. The highest BCUT2D eigenvalue weighted by Gasteiger charge is 2.36. The van der Waals surface area contributed by atoms with Crippen LogP contribution in [-0.4, -0.2) is 34.1 Å². The van der Waals surface area contributed by atoms with Gasteiger partial charge in [0.1, 0.15) is 25.0 Å². The maximum Gasteiger partial charge on any atom is 0.329 e. The molecule has 0 saturated heterocycles. The van der Waals surface area contributed by atoms with E-state index in [9.17, 15) is 14.7 Å². The number of esters is 1. The first-order valence-corrected chi connectivity index (χ1v) is 17.5. The zero-order chi connectivity index (χ0) is 33.8. The molecule has 1 heterocycles. The second-order valence-electron chi connectivity index (χ2n) is 13.1. The van der Waals surface area contributed by atoms with Crippen molar-refractivity contribution >= 4 is 22.8 Å². The summed E-state index contributed by atoms with van der Waals surface area (Å²) < 4.78 is 12.0. The molecule has 6 rings (SSSR count). The summed E-state index contributed by atoms with van der Waals surface area (Å²) >= 11 is 0. The van der Waals surface area contributed by atoms with Crippen LogP contribution in [0.4, 0.5) is 0 Å². The molecule has 2 unspecified atom stereocenters. The number of aromatic nitrogens is 1. The average Bonchev–Trinajstić information content (AvgIpc) is 3.57. The fourth-order valence-electron chi connectivity index (χ4n) is 6.98. The van der Waals surface area contributed by atoms with E-state index in [-0.39, 0.29) is 24.9 Å². The van der Waals surface area contributed by atoms with E-state index in [1.807, 2.05) is 115 Å². The number of benzene rings is 4. The number of aliphatic hydroxyl groups excluding tert-OH is 1. The molecule has 1 aromatic heterocycles. The number of hydrogen-bond acceptors (Lipinski definition) is 5. The normalized spacial score (nSPS) is 15.3. The van der Waals surface area contributed by atoms with E-state index in [0.717, 1.165) is 71.0 Å². The van der Waals surface area contributed by atoms with Gasteiger partial charge in [-0.15, -0.1) is 0 Å². The van der Waals surface area contributed by atoms with Crippen LogP contribution in [-0.2, 0) is 40.4 Å². The lowest BCUT2D eigenvalue weighted by atomic mass is 9.78. The number of amides is 1. The lowest BCUT2D eigenvalue weighted by Crippen LogP contribution is -2.49. The van der Waals surface area contributed by atoms with Crippen molar-refractivity contribution in [3.8, 4) is 5.75 Å². The van der Waals surface area contributed by atoms with Gasteiger partial charge < -0.3 is 24.9 Å². The molecule has 1 aliphatic carbocycles. The zero-order valence-electron chi connectivity index (χ0n) is 27.9. The van der Waals surface area contributed by atoms with Crippen molar-refractivity contribution in [2.75, 3.05) is 0 Å². The van der Waals surface area contributed by atoms with Gasteiger partial charge in [-0.3, -0.25) is 4.79 Å². The van der Waals surface area contributed by atoms with Crippen molar-refractivity contribution in [1.82, 2.24) is 10.3 Å². The molecule has 7 heteroatoms. The fraction of sp³-hybridized carbons (Fsp3) is 0.333. The summed E-state index contributed by atoms with van der Waals surface area (Å²) in [6, 6.07) is 34.4. The van der Waals surface area contributed by atoms with E-state index in [0.29, 0.717) is 19.4 Å². The van der Waals surface area contributed by atoms with Gasteiger partial charge in [0.25, 0.3) is 0 Å². The van der Waals surface area contributed by atoms with Crippen molar-refractivity contribution in [3.05, 3.63) is 138 Å². The molecule has 254 valence electrons. The van der Waals surface area contributed by atoms with E-state index < -0.39 is 24.0 Å². The van der Waals surface area contributed by atoms with E-state index >= 15 is 0 Å². The van der Waals surface area contributed by atoms with Crippen molar-refractivity contribution in [2.45, 2.75) is 76.7 Å². The lowest BCUT2D eigenvalue weighted by molar-refractivity contribution is -0.150. The third kappa shape index (κ3) is 9.18. The first-order valence-electron chi connectivity index (χ1n) is 17.5. The van der Waals surface area contributed by atoms with Crippen LogP contribution >= 0.6 is 0 Å². The number of hydrogen-bond donors (Lipinski definition) is 3. The Kier molecular flexibility index (Phi) is 11.8. The van der Waals surface area contributed by atoms with Crippen LogP contribution in [0.3, 0.4) is 0 Å². The van der Waals surface area contributed by atoms with Gasteiger partial charge in [-0.05, 0) is 66.0 Å². The Bertz CT molecular complexity index is 1780. The van der Waals surface area contributed by atoms with E-state index in [1.54, 1.807) is 0 Å². The minimum atomic E-state index is -0.932.